The Bertz CT molecular complexity index is 639. The van der Waals surface area contributed by atoms with Crippen LogP contribution in [-0.4, -0.2) is 48.3 Å². The average Bonchev–Trinajstić information content (AvgIpc) is 2.86. The molecule has 2 aliphatic heterocycles. The lowest BCUT2D eigenvalue weighted by atomic mass is 9.92. The van der Waals surface area contributed by atoms with E-state index in [0.29, 0.717) is 36.7 Å². The van der Waals surface area contributed by atoms with Gasteiger partial charge < -0.3 is 10.6 Å². The van der Waals surface area contributed by atoms with E-state index < -0.39 is 0 Å². The highest BCUT2D eigenvalue weighted by Crippen LogP contribution is 2.22. The minimum atomic E-state index is -0.215. The Morgan fingerprint density at radius 1 is 1.20 bits per heavy atom. The molecule has 1 aromatic carbocycles. The third-order valence-electron chi connectivity index (χ3n) is 4.98. The van der Waals surface area contributed by atoms with Crippen molar-refractivity contribution in [3.63, 3.8) is 0 Å². The second-order valence-electron chi connectivity index (χ2n) is 6.88. The molecule has 0 bridgehead atoms. The molecule has 6 nitrogen and oxygen atoms in total. The summed E-state index contributed by atoms with van der Waals surface area (Å²) in [4.78, 5) is 38.0. The standard InChI is InChI=1S/C19H25N3O3/c1-13-12-14(8-10-20-13)17(23)21-9-4-5-11-22-18(24)15-6-2-3-7-16(15)19(22)25/h2-3,6-7,13-14,20H,4-5,8-12H2,1H3,(H,21,23)/t13-,14-/m0/s1. The first kappa shape index (κ1) is 17.6. The van der Waals surface area contributed by atoms with Crippen LogP contribution in [-0.2, 0) is 4.79 Å². The van der Waals surface area contributed by atoms with E-state index in [1.807, 2.05) is 0 Å². The molecule has 3 rings (SSSR count). The number of fused-ring (bicyclic) bond motifs is 1. The number of benzene rings is 1. The Labute approximate surface area is 148 Å². The lowest BCUT2D eigenvalue weighted by Crippen LogP contribution is -2.42. The topological polar surface area (TPSA) is 78.5 Å². The molecule has 1 fully saturated rings. The lowest BCUT2D eigenvalue weighted by Gasteiger charge is -2.27. The first-order valence-corrected chi connectivity index (χ1v) is 9.04. The van der Waals surface area contributed by atoms with E-state index >= 15 is 0 Å². The number of carbonyl (C=O) groups excluding carboxylic acids is 3. The molecule has 2 atom stereocenters. The number of hydrogen-bond donors (Lipinski definition) is 2. The number of nitrogens with one attached hydrogen (secondary N) is 2. The van der Waals surface area contributed by atoms with Gasteiger partial charge in [0.15, 0.2) is 0 Å². The second kappa shape index (κ2) is 7.78. The molecule has 0 aliphatic carbocycles. The number of hydrogen-bond acceptors (Lipinski definition) is 4. The Morgan fingerprint density at radius 2 is 1.88 bits per heavy atom. The number of amides is 3. The smallest absolute Gasteiger partial charge is 0.261 e. The predicted octanol–water partition coefficient (Wildman–Crippen LogP) is 1.57. The summed E-state index contributed by atoms with van der Waals surface area (Å²) in [5, 5.41) is 6.32. The summed E-state index contributed by atoms with van der Waals surface area (Å²) in [7, 11) is 0. The average molecular weight is 343 g/mol. The van der Waals surface area contributed by atoms with E-state index in [4.69, 9.17) is 0 Å². The number of piperidine rings is 1. The molecule has 1 saturated heterocycles. The van der Waals surface area contributed by atoms with Gasteiger partial charge in [-0.05, 0) is 51.3 Å². The van der Waals surface area contributed by atoms with Crippen LogP contribution in [0.1, 0.15) is 53.3 Å². The molecule has 0 radical (unpaired) electrons. The van der Waals surface area contributed by atoms with Gasteiger partial charge in [-0.3, -0.25) is 19.3 Å². The van der Waals surface area contributed by atoms with Gasteiger partial charge in [-0.1, -0.05) is 12.1 Å². The van der Waals surface area contributed by atoms with Crippen molar-refractivity contribution in [2.75, 3.05) is 19.6 Å². The Morgan fingerprint density at radius 3 is 2.52 bits per heavy atom. The van der Waals surface area contributed by atoms with Crippen molar-refractivity contribution in [3.8, 4) is 0 Å². The zero-order chi connectivity index (χ0) is 17.8. The van der Waals surface area contributed by atoms with Crippen molar-refractivity contribution in [2.45, 2.75) is 38.6 Å². The molecule has 134 valence electrons. The fourth-order valence-electron chi connectivity index (χ4n) is 3.56. The van der Waals surface area contributed by atoms with Crippen LogP contribution in [0.2, 0.25) is 0 Å². The van der Waals surface area contributed by atoms with Crippen LogP contribution in [0.5, 0.6) is 0 Å². The van der Waals surface area contributed by atoms with Gasteiger partial charge in [-0.2, -0.15) is 0 Å². The fraction of sp³-hybridized carbons (Fsp3) is 0.526. The van der Waals surface area contributed by atoms with E-state index in [1.54, 1.807) is 24.3 Å². The number of unbranched alkanes of at least 4 members (excludes halogenated alkanes) is 1. The summed E-state index contributed by atoms with van der Waals surface area (Å²) in [6.07, 6.45) is 3.19. The molecule has 0 spiro atoms. The maximum atomic E-state index is 12.2. The van der Waals surface area contributed by atoms with Crippen molar-refractivity contribution in [1.82, 2.24) is 15.5 Å². The third-order valence-corrected chi connectivity index (χ3v) is 4.98. The molecule has 2 heterocycles. The highest BCUT2D eigenvalue weighted by molar-refractivity contribution is 6.21. The normalized spacial score (nSPS) is 22.8. The zero-order valence-electron chi connectivity index (χ0n) is 14.6. The second-order valence-corrected chi connectivity index (χ2v) is 6.88. The van der Waals surface area contributed by atoms with Crippen LogP contribution in [0.3, 0.4) is 0 Å². The summed E-state index contributed by atoms with van der Waals surface area (Å²) < 4.78 is 0. The minimum absolute atomic E-state index is 0.0903. The summed E-state index contributed by atoms with van der Waals surface area (Å²) in [5.74, 6) is -0.219. The van der Waals surface area contributed by atoms with E-state index in [2.05, 4.69) is 17.6 Å². The molecule has 1 aromatic rings. The summed E-state index contributed by atoms with van der Waals surface area (Å²) in [6.45, 7) is 3.97. The summed E-state index contributed by atoms with van der Waals surface area (Å²) in [6, 6.07) is 7.30. The van der Waals surface area contributed by atoms with Crippen molar-refractivity contribution >= 4 is 17.7 Å². The van der Waals surface area contributed by atoms with E-state index in [0.717, 1.165) is 25.8 Å². The first-order chi connectivity index (χ1) is 12.1. The Kier molecular flexibility index (Phi) is 5.48. The quantitative estimate of drug-likeness (QED) is 0.607. The van der Waals surface area contributed by atoms with E-state index in [-0.39, 0.29) is 23.6 Å². The molecule has 25 heavy (non-hydrogen) atoms. The van der Waals surface area contributed by atoms with Crippen molar-refractivity contribution in [2.24, 2.45) is 5.92 Å². The van der Waals surface area contributed by atoms with Crippen LogP contribution >= 0.6 is 0 Å². The van der Waals surface area contributed by atoms with Gasteiger partial charge in [0.05, 0.1) is 11.1 Å². The maximum absolute atomic E-state index is 12.2. The number of rotatable bonds is 6. The molecule has 0 saturated carbocycles. The van der Waals surface area contributed by atoms with Gasteiger partial charge in [-0.25, -0.2) is 0 Å². The zero-order valence-corrected chi connectivity index (χ0v) is 14.6. The van der Waals surface area contributed by atoms with Crippen molar-refractivity contribution < 1.29 is 14.4 Å². The molecule has 2 aliphatic rings. The predicted molar refractivity (Wildman–Crippen MR) is 94.2 cm³/mol. The Balaban J connectivity index is 1.39. The third kappa shape index (κ3) is 3.90. The largest absolute Gasteiger partial charge is 0.356 e. The molecular weight excluding hydrogens is 318 g/mol. The first-order valence-electron chi connectivity index (χ1n) is 9.04. The molecule has 3 amide bonds. The van der Waals surface area contributed by atoms with Crippen LogP contribution in [0.15, 0.2) is 24.3 Å². The fourth-order valence-corrected chi connectivity index (χ4v) is 3.56. The lowest BCUT2D eigenvalue weighted by molar-refractivity contribution is -0.126. The van der Waals surface area contributed by atoms with Gasteiger partial charge in [0.25, 0.3) is 11.8 Å². The van der Waals surface area contributed by atoms with Crippen LogP contribution in [0.4, 0.5) is 0 Å². The molecule has 0 aromatic heterocycles. The number of carbonyl (C=O) groups is 3. The minimum Gasteiger partial charge on any atom is -0.356 e. The Hall–Kier alpha value is -2.21. The van der Waals surface area contributed by atoms with Gasteiger partial charge >= 0.3 is 0 Å². The van der Waals surface area contributed by atoms with Gasteiger partial charge in [-0.15, -0.1) is 0 Å². The molecule has 6 heteroatoms. The van der Waals surface area contributed by atoms with Crippen LogP contribution in [0.25, 0.3) is 0 Å². The monoisotopic (exact) mass is 343 g/mol. The van der Waals surface area contributed by atoms with Crippen LogP contribution < -0.4 is 10.6 Å². The summed E-state index contributed by atoms with van der Waals surface area (Å²) in [5.41, 5.74) is 0.974. The maximum Gasteiger partial charge on any atom is 0.261 e. The molecule has 0 unspecified atom stereocenters. The number of nitrogens with zero attached hydrogens (tertiary/aromatic N) is 1. The van der Waals surface area contributed by atoms with Gasteiger partial charge in [0.2, 0.25) is 5.91 Å². The summed E-state index contributed by atoms with van der Waals surface area (Å²) >= 11 is 0. The van der Waals surface area contributed by atoms with E-state index in [1.165, 1.54) is 4.90 Å². The van der Waals surface area contributed by atoms with Crippen LogP contribution in [0, 0.1) is 5.92 Å². The van der Waals surface area contributed by atoms with Crippen molar-refractivity contribution in [3.05, 3.63) is 35.4 Å². The molecular formula is C19H25N3O3. The highest BCUT2D eigenvalue weighted by Gasteiger charge is 2.34. The SMILES string of the molecule is C[C@H]1C[C@@H](C(=O)NCCCCN2C(=O)c3ccccc3C2=O)CCN1. The van der Waals surface area contributed by atoms with Gasteiger partial charge in [0.1, 0.15) is 0 Å². The van der Waals surface area contributed by atoms with Crippen molar-refractivity contribution in [1.29, 1.82) is 0 Å². The number of imide groups is 1. The van der Waals surface area contributed by atoms with E-state index in [9.17, 15) is 14.4 Å². The molecule has 2 N–H and O–H groups in total. The van der Waals surface area contributed by atoms with Gasteiger partial charge in [0, 0.05) is 25.0 Å². The highest BCUT2D eigenvalue weighted by atomic mass is 16.2.